The molecule has 0 atom stereocenters. The van der Waals surface area contributed by atoms with E-state index in [2.05, 4.69) is 43.3 Å². The van der Waals surface area contributed by atoms with Gasteiger partial charge in [-0.3, -0.25) is 0 Å². The first kappa shape index (κ1) is 17.1. The van der Waals surface area contributed by atoms with Crippen molar-refractivity contribution >= 4 is 5.69 Å². The number of unbranched alkanes of at least 4 members (excludes halogenated alkanes) is 2. The van der Waals surface area contributed by atoms with Gasteiger partial charge in [0.1, 0.15) is 0 Å². The van der Waals surface area contributed by atoms with E-state index in [9.17, 15) is 0 Å². The van der Waals surface area contributed by atoms with E-state index in [-0.39, 0.29) is 0 Å². The van der Waals surface area contributed by atoms with Crippen molar-refractivity contribution in [3.05, 3.63) is 54.1 Å². The molecule has 1 saturated carbocycles. The van der Waals surface area contributed by atoms with Crippen molar-refractivity contribution in [2.75, 3.05) is 5.73 Å². The van der Waals surface area contributed by atoms with E-state index in [0.717, 1.165) is 17.5 Å². The van der Waals surface area contributed by atoms with E-state index in [1.807, 2.05) is 12.1 Å². The van der Waals surface area contributed by atoms with Crippen LogP contribution in [0.25, 0.3) is 11.1 Å². The highest BCUT2D eigenvalue weighted by atomic mass is 14.5. The molecule has 0 aromatic heterocycles. The van der Waals surface area contributed by atoms with E-state index < -0.39 is 0 Å². The van der Waals surface area contributed by atoms with Crippen LogP contribution in [-0.2, 0) is 0 Å². The molecule has 0 spiro atoms. The summed E-state index contributed by atoms with van der Waals surface area (Å²) in [5, 5.41) is 0. The van der Waals surface area contributed by atoms with E-state index in [4.69, 9.17) is 5.73 Å². The lowest BCUT2D eigenvalue weighted by Gasteiger charge is -2.29. The van der Waals surface area contributed by atoms with Crippen LogP contribution in [0.2, 0.25) is 0 Å². The number of nitrogen functional groups attached to an aromatic ring is 1. The fourth-order valence-electron chi connectivity index (χ4n) is 4.09. The number of hydrogen-bond donors (Lipinski definition) is 1. The summed E-state index contributed by atoms with van der Waals surface area (Å²) in [5.41, 5.74) is 10.7. The molecule has 0 unspecified atom stereocenters. The average molecular weight is 322 g/mol. The van der Waals surface area contributed by atoms with Crippen molar-refractivity contribution in [2.45, 2.75) is 64.2 Å². The molecule has 1 aliphatic carbocycles. The maximum absolute atomic E-state index is 5.78. The quantitative estimate of drug-likeness (QED) is 0.460. The zero-order chi connectivity index (χ0) is 16.8. The first-order chi connectivity index (χ1) is 11.8. The van der Waals surface area contributed by atoms with Gasteiger partial charge >= 0.3 is 0 Å². The Bertz CT molecular complexity index is 603. The van der Waals surface area contributed by atoms with E-state index in [0.29, 0.717) is 0 Å². The molecule has 1 nitrogen and oxygen atoms in total. The SMILES string of the molecule is CCCCCC1CCC(c2ccc(-c3ccc(N)cc3)cc2)CC1. The summed E-state index contributed by atoms with van der Waals surface area (Å²) in [4.78, 5) is 0. The summed E-state index contributed by atoms with van der Waals surface area (Å²) in [5.74, 6) is 1.76. The molecule has 0 saturated heterocycles. The molecule has 2 aromatic carbocycles. The number of hydrogen-bond acceptors (Lipinski definition) is 1. The molecule has 1 heteroatoms. The topological polar surface area (TPSA) is 26.0 Å². The number of nitrogens with two attached hydrogens (primary N) is 1. The summed E-state index contributed by atoms with van der Waals surface area (Å²) in [6.07, 6.45) is 11.2. The lowest BCUT2D eigenvalue weighted by Crippen LogP contribution is -2.13. The Labute approximate surface area is 147 Å². The van der Waals surface area contributed by atoms with E-state index in [1.165, 1.54) is 68.1 Å². The molecule has 128 valence electrons. The molecular weight excluding hydrogens is 290 g/mol. The van der Waals surface area contributed by atoms with Crippen LogP contribution in [0, 0.1) is 5.92 Å². The zero-order valence-corrected chi connectivity index (χ0v) is 15.0. The van der Waals surface area contributed by atoms with Crippen molar-refractivity contribution < 1.29 is 0 Å². The molecule has 0 aliphatic heterocycles. The lowest BCUT2D eigenvalue weighted by molar-refractivity contribution is 0.303. The predicted molar refractivity (Wildman–Crippen MR) is 105 cm³/mol. The van der Waals surface area contributed by atoms with Crippen LogP contribution in [0.3, 0.4) is 0 Å². The second kappa shape index (κ2) is 8.37. The fraction of sp³-hybridized carbons (Fsp3) is 0.478. The van der Waals surface area contributed by atoms with Crippen molar-refractivity contribution in [3.8, 4) is 11.1 Å². The van der Waals surface area contributed by atoms with Gasteiger partial charge < -0.3 is 5.73 Å². The highest BCUT2D eigenvalue weighted by Gasteiger charge is 2.21. The van der Waals surface area contributed by atoms with Gasteiger partial charge in [0.25, 0.3) is 0 Å². The molecule has 0 heterocycles. The van der Waals surface area contributed by atoms with Gasteiger partial charge in [0.15, 0.2) is 0 Å². The molecule has 3 rings (SSSR count). The molecule has 24 heavy (non-hydrogen) atoms. The van der Waals surface area contributed by atoms with Gasteiger partial charge in [-0.15, -0.1) is 0 Å². The fourth-order valence-corrected chi connectivity index (χ4v) is 4.09. The van der Waals surface area contributed by atoms with Crippen LogP contribution in [0.5, 0.6) is 0 Å². The largest absolute Gasteiger partial charge is 0.399 e. The summed E-state index contributed by atoms with van der Waals surface area (Å²) >= 11 is 0. The minimum atomic E-state index is 0.771. The molecule has 1 fully saturated rings. The maximum Gasteiger partial charge on any atom is 0.0314 e. The molecular formula is C23H31N. The lowest BCUT2D eigenvalue weighted by atomic mass is 9.77. The Hall–Kier alpha value is -1.76. The maximum atomic E-state index is 5.78. The van der Waals surface area contributed by atoms with Crippen molar-refractivity contribution in [3.63, 3.8) is 0 Å². The molecule has 0 bridgehead atoms. The molecule has 2 aromatic rings. The normalized spacial score (nSPS) is 20.9. The van der Waals surface area contributed by atoms with Gasteiger partial charge in [0.05, 0.1) is 0 Å². The predicted octanol–water partition coefficient (Wildman–Crippen LogP) is 6.79. The monoisotopic (exact) mass is 321 g/mol. The standard InChI is InChI=1S/C23H31N/c1-2-3-4-5-18-6-8-19(9-7-18)20-10-12-21(13-11-20)22-14-16-23(24)17-15-22/h10-19H,2-9,24H2,1H3. The number of anilines is 1. The Kier molecular flexibility index (Phi) is 5.96. The third-order valence-electron chi connectivity index (χ3n) is 5.69. The summed E-state index contributed by atoms with van der Waals surface area (Å²) in [6.45, 7) is 2.30. The Balaban J connectivity index is 1.56. The van der Waals surface area contributed by atoms with Gasteiger partial charge in [0, 0.05) is 5.69 Å². The Morgan fingerprint density at radius 2 is 1.38 bits per heavy atom. The Morgan fingerprint density at radius 3 is 1.96 bits per heavy atom. The average Bonchev–Trinajstić information content (AvgIpc) is 2.63. The number of rotatable bonds is 6. The van der Waals surface area contributed by atoms with Gasteiger partial charge in [0.2, 0.25) is 0 Å². The van der Waals surface area contributed by atoms with E-state index in [1.54, 1.807) is 0 Å². The minimum Gasteiger partial charge on any atom is -0.399 e. The highest BCUT2D eigenvalue weighted by molar-refractivity contribution is 5.65. The highest BCUT2D eigenvalue weighted by Crippen LogP contribution is 2.38. The van der Waals surface area contributed by atoms with Crippen LogP contribution in [0.15, 0.2) is 48.5 Å². The first-order valence-electron chi connectivity index (χ1n) is 9.72. The second-order valence-electron chi connectivity index (χ2n) is 7.46. The summed E-state index contributed by atoms with van der Waals surface area (Å²) < 4.78 is 0. The third-order valence-corrected chi connectivity index (χ3v) is 5.69. The smallest absolute Gasteiger partial charge is 0.0314 e. The Morgan fingerprint density at radius 1 is 0.792 bits per heavy atom. The molecule has 2 N–H and O–H groups in total. The van der Waals surface area contributed by atoms with Gasteiger partial charge in [-0.2, -0.15) is 0 Å². The second-order valence-corrected chi connectivity index (χ2v) is 7.46. The van der Waals surface area contributed by atoms with Gasteiger partial charge in [-0.05, 0) is 66.3 Å². The van der Waals surface area contributed by atoms with E-state index >= 15 is 0 Å². The summed E-state index contributed by atoms with van der Waals surface area (Å²) in [6, 6.07) is 17.4. The van der Waals surface area contributed by atoms with Crippen LogP contribution < -0.4 is 5.73 Å². The first-order valence-corrected chi connectivity index (χ1v) is 9.72. The van der Waals surface area contributed by atoms with Crippen molar-refractivity contribution in [1.29, 1.82) is 0 Å². The zero-order valence-electron chi connectivity index (χ0n) is 15.0. The molecule has 0 amide bonds. The van der Waals surface area contributed by atoms with Crippen LogP contribution in [-0.4, -0.2) is 0 Å². The number of benzene rings is 2. The third kappa shape index (κ3) is 4.41. The van der Waals surface area contributed by atoms with Gasteiger partial charge in [-0.25, -0.2) is 0 Å². The van der Waals surface area contributed by atoms with Crippen molar-refractivity contribution in [2.24, 2.45) is 5.92 Å². The molecule has 0 radical (unpaired) electrons. The minimum absolute atomic E-state index is 0.771. The summed E-state index contributed by atoms with van der Waals surface area (Å²) in [7, 11) is 0. The molecule has 1 aliphatic rings. The van der Waals surface area contributed by atoms with Crippen molar-refractivity contribution in [1.82, 2.24) is 0 Å². The van der Waals surface area contributed by atoms with Crippen LogP contribution >= 0.6 is 0 Å². The van der Waals surface area contributed by atoms with Crippen LogP contribution in [0.4, 0.5) is 5.69 Å². The van der Waals surface area contributed by atoms with Gasteiger partial charge in [-0.1, -0.05) is 69.0 Å². The van der Waals surface area contributed by atoms with Crippen LogP contribution in [0.1, 0.15) is 69.8 Å².